The van der Waals surface area contributed by atoms with Crippen molar-refractivity contribution in [2.45, 2.75) is 33.1 Å². The summed E-state index contributed by atoms with van der Waals surface area (Å²) in [6.45, 7) is 7.92. The van der Waals surface area contributed by atoms with E-state index in [1.54, 1.807) is 23.7 Å². The van der Waals surface area contributed by atoms with Gasteiger partial charge in [0.25, 0.3) is 5.91 Å². The molecule has 0 spiro atoms. The number of pyridine rings is 1. The number of hydrogen-bond acceptors (Lipinski definition) is 7. The first-order valence-corrected chi connectivity index (χ1v) is 11.8. The number of halogens is 1. The second kappa shape index (κ2) is 7.63. The monoisotopic (exact) mass is 465 g/mol. The number of imidazole rings is 1. The molecule has 2 aliphatic heterocycles. The highest BCUT2D eigenvalue weighted by Gasteiger charge is 2.63. The molecule has 10 heteroatoms. The number of ether oxygens (including phenoxy) is 1. The molecule has 2 unspecified atom stereocenters. The summed E-state index contributed by atoms with van der Waals surface area (Å²) in [4.78, 5) is 28.7. The van der Waals surface area contributed by atoms with E-state index in [0.717, 1.165) is 26.2 Å². The van der Waals surface area contributed by atoms with Crippen molar-refractivity contribution in [3.63, 3.8) is 0 Å². The maximum Gasteiger partial charge on any atom is 0.262 e. The van der Waals surface area contributed by atoms with Gasteiger partial charge < -0.3 is 24.7 Å². The first kappa shape index (κ1) is 21.3. The normalized spacial score (nSPS) is 25.6. The molecule has 3 aromatic heterocycles. The fourth-order valence-corrected chi connectivity index (χ4v) is 6.28. The Hall–Kier alpha value is -3.27. The van der Waals surface area contributed by atoms with E-state index in [4.69, 9.17) is 4.74 Å². The van der Waals surface area contributed by atoms with Crippen LogP contribution < -0.4 is 20.3 Å². The van der Waals surface area contributed by atoms with Gasteiger partial charge >= 0.3 is 0 Å². The van der Waals surface area contributed by atoms with Gasteiger partial charge in [-0.05, 0) is 26.7 Å². The Morgan fingerprint density at radius 1 is 1.24 bits per heavy atom. The molecule has 3 aromatic rings. The molecule has 3 aliphatic rings. The van der Waals surface area contributed by atoms with E-state index in [-0.39, 0.29) is 27.9 Å². The Kier molecular flexibility index (Phi) is 4.77. The summed E-state index contributed by atoms with van der Waals surface area (Å²) < 4.78 is 21.7. The van der Waals surface area contributed by atoms with E-state index in [1.165, 1.54) is 31.5 Å². The van der Waals surface area contributed by atoms with E-state index in [0.29, 0.717) is 23.9 Å². The lowest BCUT2D eigenvalue weighted by Crippen LogP contribution is -2.34. The van der Waals surface area contributed by atoms with Crippen LogP contribution in [0.2, 0.25) is 0 Å². The fourth-order valence-electron chi connectivity index (χ4n) is 6.28. The van der Waals surface area contributed by atoms with E-state index < -0.39 is 11.7 Å². The van der Waals surface area contributed by atoms with Gasteiger partial charge in [0.2, 0.25) is 11.8 Å². The Morgan fingerprint density at radius 3 is 2.74 bits per heavy atom. The molecular formula is C24H28FN7O2. The van der Waals surface area contributed by atoms with E-state index in [2.05, 4.69) is 30.5 Å². The SMILES string of the molecule is CCOc1nc(N2CC34CCCC3(CNC4)C2)ncc1C(=O)Nc1cc(F)c2nc(C)cn2c1. The van der Waals surface area contributed by atoms with Gasteiger partial charge in [0.15, 0.2) is 11.5 Å². The number of nitrogens with one attached hydrogen (secondary N) is 2. The van der Waals surface area contributed by atoms with Crippen molar-refractivity contribution in [3.8, 4) is 5.88 Å². The molecule has 3 fully saturated rings. The predicted molar refractivity (Wildman–Crippen MR) is 125 cm³/mol. The molecule has 2 N–H and O–H groups in total. The maximum absolute atomic E-state index is 14.4. The number of rotatable bonds is 5. The lowest BCUT2D eigenvalue weighted by Gasteiger charge is -2.30. The Labute approximate surface area is 196 Å². The maximum atomic E-state index is 14.4. The van der Waals surface area contributed by atoms with Crippen molar-refractivity contribution in [3.05, 3.63) is 41.7 Å². The van der Waals surface area contributed by atoms with Gasteiger partial charge in [0.05, 0.1) is 18.0 Å². The number of amides is 1. The second-order valence-electron chi connectivity index (χ2n) is 9.84. The number of carbonyl (C=O) groups is 1. The summed E-state index contributed by atoms with van der Waals surface area (Å²) >= 11 is 0. The van der Waals surface area contributed by atoms with Crippen LogP contribution >= 0.6 is 0 Å². The zero-order valence-corrected chi connectivity index (χ0v) is 19.4. The van der Waals surface area contributed by atoms with Crippen LogP contribution in [0, 0.1) is 23.6 Å². The largest absolute Gasteiger partial charge is 0.477 e. The average Bonchev–Trinajstić information content (AvgIpc) is 3.48. The molecular weight excluding hydrogens is 437 g/mol. The van der Waals surface area contributed by atoms with Crippen molar-refractivity contribution in [2.75, 3.05) is 43.0 Å². The minimum absolute atomic E-state index is 0.213. The van der Waals surface area contributed by atoms with Crippen LogP contribution in [0.25, 0.3) is 5.65 Å². The smallest absolute Gasteiger partial charge is 0.262 e. The summed E-state index contributed by atoms with van der Waals surface area (Å²) in [7, 11) is 0. The molecule has 34 heavy (non-hydrogen) atoms. The third-order valence-corrected chi connectivity index (χ3v) is 7.78. The summed E-state index contributed by atoms with van der Waals surface area (Å²) in [5.74, 6) is -0.139. The molecule has 6 rings (SSSR count). The third-order valence-electron chi connectivity index (χ3n) is 7.78. The van der Waals surface area contributed by atoms with Crippen molar-refractivity contribution < 1.29 is 13.9 Å². The van der Waals surface area contributed by atoms with Gasteiger partial charge in [0, 0.05) is 61.7 Å². The van der Waals surface area contributed by atoms with E-state index in [9.17, 15) is 9.18 Å². The first-order chi connectivity index (χ1) is 16.4. The predicted octanol–water partition coefficient (Wildman–Crippen LogP) is 2.80. The summed E-state index contributed by atoms with van der Waals surface area (Å²) in [6.07, 6.45) is 8.58. The highest BCUT2D eigenvalue weighted by Crippen LogP contribution is 2.59. The zero-order chi connectivity index (χ0) is 23.5. The topological polar surface area (TPSA) is 96.7 Å². The molecule has 1 aliphatic carbocycles. The summed E-state index contributed by atoms with van der Waals surface area (Å²) in [6, 6.07) is 1.25. The van der Waals surface area contributed by atoms with Gasteiger partial charge in [0.1, 0.15) is 5.56 Å². The van der Waals surface area contributed by atoms with Gasteiger partial charge in [-0.2, -0.15) is 4.98 Å². The Balaban J connectivity index is 1.27. The molecule has 9 nitrogen and oxygen atoms in total. The van der Waals surface area contributed by atoms with Gasteiger partial charge in [-0.3, -0.25) is 4.79 Å². The molecule has 2 atom stereocenters. The number of aryl methyl sites for hydroxylation is 1. The van der Waals surface area contributed by atoms with E-state index in [1.807, 2.05) is 6.92 Å². The van der Waals surface area contributed by atoms with Crippen LogP contribution in [0.1, 0.15) is 42.2 Å². The lowest BCUT2D eigenvalue weighted by molar-refractivity contribution is 0.102. The standard InChI is InChI=1S/C24H28FN7O2/c1-3-34-21-17(20(33)29-16-7-18(25)19-28-15(2)9-31(19)10-16)8-27-22(30-21)32-13-23-5-4-6-24(23,14-32)12-26-11-23/h7-10,26H,3-6,11-14H2,1-2H3,(H,29,33). The van der Waals surface area contributed by atoms with Crippen LogP contribution in [-0.2, 0) is 0 Å². The molecule has 2 saturated heterocycles. The van der Waals surface area contributed by atoms with Gasteiger partial charge in [-0.1, -0.05) is 6.42 Å². The van der Waals surface area contributed by atoms with Gasteiger partial charge in [-0.15, -0.1) is 0 Å². The van der Waals surface area contributed by atoms with Crippen LogP contribution in [-0.4, -0.2) is 58.0 Å². The number of carbonyl (C=O) groups excluding carboxylic acids is 1. The highest BCUT2D eigenvalue weighted by atomic mass is 19.1. The second-order valence-corrected chi connectivity index (χ2v) is 9.84. The van der Waals surface area contributed by atoms with Crippen LogP contribution in [0.15, 0.2) is 24.7 Å². The Morgan fingerprint density at radius 2 is 2.00 bits per heavy atom. The minimum Gasteiger partial charge on any atom is -0.477 e. The van der Waals surface area contributed by atoms with Crippen molar-refractivity contribution in [1.82, 2.24) is 24.7 Å². The lowest BCUT2D eigenvalue weighted by atomic mass is 9.71. The van der Waals surface area contributed by atoms with Gasteiger partial charge in [-0.25, -0.2) is 14.4 Å². The molecule has 0 bridgehead atoms. The minimum atomic E-state index is -0.513. The van der Waals surface area contributed by atoms with Crippen molar-refractivity contribution in [2.24, 2.45) is 10.8 Å². The number of aromatic nitrogens is 4. The van der Waals surface area contributed by atoms with E-state index >= 15 is 0 Å². The third kappa shape index (κ3) is 3.15. The average molecular weight is 466 g/mol. The quantitative estimate of drug-likeness (QED) is 0.598. The highest BCUT2D eigenvalue weighted by molar-refractivity contribution is 6.05. The van der Waals surface area contributed by atoms with Crippen molar-refractivity contribution in [1.29, 1.82) is 0 Å². The molecule has 5 heterocycles. The number of fused-ring (bicyclic) bond motifs is 1. The number of nitrogens with zero attached hydrogens (tertiary/aromatic N) is 5. The van der Waals surface area contributed by atoms with Crippen molar-refractivity contribution >= 4 is 23.2 Å². The molecule has 178 valence electrons. The fraction of sp³-hybridized carbons (Fsp3) is 0.500. The molecule has 1 amide bonds. The summed E-state index contributed by atoms with van der Waals surface area (Å²) in [5, 5.41) is 6.34. The zero-order valence-electron chi connectivity index (χ0n) is 19.4. The summed E-state index contributed by atoms with van der Waals surface area (Å²) in [5.41, 5.74) is 2.00. The molecule has 0 radical (unpaired) electrons. The first-order valence-electron chi connectivity index (χ1n) is 11.8. The molecule has 0 aromatic carbocycles. The number of hydrogen-bond donors (Lipinski definition) is 2. The Bertz CT molecular complexity index is 1260. The molecule has 1 saturated carbocycles. The van der Waals surface area contributed by atoms with Crippen LogP contribution in [0.3, 0.4) is 0 Å². The van der Waals surface area contributed by atoms with Crippen LogP contribution in [0.4, 0.5) is 16.0 Å². The number of anilines is 2. The van der Waals surface area contributed by atoms with Crippen LogP contribution in [0.5, 0.6) is 5.88 Å².